The summed E-state index contributed by atoms with van der Waals surface area (Å²) in [5.74, 6) is -0.723. The highest BCUT2D eigenvalue weighted by Crippen LogP contribution is 2.45. The highest BCUT2D eigenvalue weighted by molar-refractivity contribution is 7.47. The van der Waals surface area contributed by atoms with Gasteiger partial charge in [-0.2, -0.15) is 0 Å². The Morgan fingerprint density at radius 1 is 0.309 bits per heavy atom. The topological polar surface area (TPSA) is 237 Å². The summed E-state index contributed by atoms with van der Waals surface area (Å²) < 4.78 is 68.4. The van der Waals surface area contributed by atoms with Crippen molar-refractivity contribution < 1.29 is 80.2 Å². The molecule has 6 atom stereocenters. The Hall–Kier alpha value is -1.94. The molecular weight excluding hydrogens is 1230 g/mol. The largest absolute Gasteiger partial charge is 0.472 e. The molecule has 0 heterocycles. The van der Waals surface area contributed by atoms with Crippen molar-refractivity contribution in [2.75, 3.05) is 39.6 Å². The SMILES string of the molecule is CCCCCCCCCCCCCCCCCCCCCC(=O)O[C@H](COC(=O)CCCCCCCCCCCCCCCCCC)COP(=O)(O)OC[C@@H](O)COP(=O)(O)OC[C@@H](COC(=O)CCCCCCCCC(C)C)OC(=O)CCCCCCCCC(C)CC. The van der Waals surface area contributed by atoms with Crippen LogP contribution in [-0.4, -0.2) is 96.7 Å². The molecule has 0 radical (unpaired) electrons. The Morgan fingerprint density at radius 2 is 0.543 bits per heavy atom. The fourth-order valence-corrected chi connectivity index (χ4v) is 13.0. The van der Waals surface area contributed by atoms with Crippen LogP contribution in [0, 0.1) is 11.8 Å². The molecule has 0 aliphatic heterocycles. The minimum Gasteiger partial charge on any atom is -0.462 e. The zero-order valence-corrected chi connectivity index (χ0v) is 63.1. The first-order valence-electron chi connectivity index (χ1n) is 39.0. The second kappa shape index (κ2) is 66.9. The normalized spacial score (nSPS) is 14.3. The number of unbranched alkanes of at least 4 members (excludes halogenated alkanes) is 43. The van der Waals surface area contributed by atoms with Gasteiger partial charge in [0.25, 0.3) is 0 Å². The van der Waals surface area contributed by atoms with E-state index in [1.54, 1.807) is 0 Å². The molecule has 17 nitrogen and oxygen atoms in total. The van der Waals surface area contributed by atoms with Crippen molar-refractivity contribution in [3.05, 3.63) is 0 Å². The van der Waals surface area contributed by atoms with E-state index in [0.717, 1.165) is 102 Å². The summed E-state index contributed by atoms with van der Waals surface area (Å²) in [7, 11) is -9.91. The first-order valence-corrected chi connectivity index (χ1v) is 42.0. The Balaban J connectivity index is 5.21. The summed E-state index contributed by atoms with van der Waals surface area (Å²) in [6, 6.07) is 0. The molecular formula is C75H146O17P2. The van der Waals surface area contributed by atoms with Gasteiger partial charge in [-0.3, -0.25) is 37.3 Å². The average molecular weight is 1380 g/mol. The number of hydrogen-bond donors (Lipinski definition) is 3. The number of rotatable bonds is 74. The number of esters is 4. The van der Waals surface area contributed by atoms with Gasteiger partial charge >= 0.3 is 39.5 Å². The molecule has 0 aromatic heterocycles. The quantitative estimate of drug-likeness (QED) is 0.0222. The third-order valence-corrected chi connectivity index (χ3v) is 19.7. The van der Waals surface area contributed by atoms with Gasteiger partial charge in [-0.1, -0.05) is 337 Å². The van der Waals surface area contributed by atoms with Crippen molar-refractivity contribution >= 4 is 39.5 Å². The van der Waals surface area contributed by atoms with E-state index in [9.17, 15) is 43.2 Å². The molecule has 3 N–H and O–H groups in total. The second-order valence-corrected chi connectivity index (χ2v) is 30.7. The lowest BCUT2D eigenvalue weighted by molar-refractivity contribution is -0.161. The summed E-state index contributed by atoms with van der Waals surface area (Å²) in [6.45, 7) is 9.45. The summed E-state index contributed by atoms with van der Waals surface area (Å²) in [5.41, 5.74) is 0. The van der Waals surface area contributed by atoms with E-state index >= 15 is 0 Å². The molecule has 0 saturated heterocycles. The number of phosphoric acid groups is 2. The highest BCUT2D eigenvalue weighted by atomic mass is 31.2. The monoisotopic (exact) mass is 1380 g/mol. The van der Waals surface area contributed by atoms with Crippen LogP contribution in [0.5, 0.6) is 0 Å². The van der Waals surface area contributed by atoms with Gasteiger partial charge < -0.3 is 33.8 Å². The molecule has 0 aromatic rings. The van der Waals surface area contributed by atoms with Crippen molar-refractivity contribution in [2.45, 2.75) is 407 Å². The summed E-state index contributed by atoms with van der Waals surface area (Å²) >= 11 is 0. The molecule has 0 aliphatic carbocycles. The maximum atomic E-state index is 13.1. The number of aliphatic hydroxyl groups excluding tert-OH is 1. The first kappa shape index (κ1) is 92.1. The van der Waals surface area contributed by atoms with Gasteiger partial charge in [-0.25, -0.2) is 9.13 Å². The van der Waals surface area contributed by atoms with Crippen LogP contribution in [0.15, 0.2) is 0 Å². The molecule has 0 saturated carbocycles. The van der Waals surface area contributed by atoms with Crippen LogP contribution in [-0.2, 0) is 65.4 Å². The predicted octanol–water partition coefficient (Wildman–Crippen LogP) is 21.9. The zero-order valence-electron chi connectivity index (χ0n) is 61.3. The summed E-state index contributed by atoms with van der Waals surface area (Å²) in [4.78, 5) is 72.7. The third-order valence-electron chi connectivity index (χ3n) is 17.8. The Kier molecular flexibility index (Phi) is 65.5. The molecule has 0 amide bonds. The van der Waals surface area contributed by atoms with Crippen molar-refractivity contribution in [3.63, 3.8) is 0 Å². The molecule has 0 aromatic carbocycles. The molecule has 19 heteroatoms. The van der Waals surface area contributed by atoms with E-state index in [4.69, 9.17) is 37.0 Å². The molecule has 0 fully saturated rings. The lowest BCUT2D eigenvalue weighted by Gasteiger charge is -2.21. The number of phosphoric ester groups is 2. The summed E-state index contributed by atoms with van der Waals surface area (Å²) in [5, 5.41) is 10.6. The van der Waals surface area contributed by atoms with Gasteiger partial charge in [0.05, 0.1) is 26.4 Å². The molecule has 0 bridgehead atoms. The van der Waals surface area contributed by atoms with Crippen LogP contribution in [0.2, 0.25) is 0 Å². The number of carbonyl (C=O) groups excluding carboxylic acids is 4. The van der Waals surface area contributed by atoms with Crippen LogP contribution in [0.25, 0.3) is 0 Å². The smallest absolute Gasteiger partial charge is 0.462 e. The highest BCUT2D eigenvalue weighted by Gasteiger charge is 2.30. The maximum Gasteiger partial charge on any atom is 0.472 e. The minimum absolute atomic E-state index is 0.102. The van der Waals surface area contributed by atoms with Crippen molar-refractivity contribution in [3.8, 4) is 0 Å². The van der Waals surface area contributed by atoms with Crippen LogP contribution < -0.4 is 0 Å². The standard InChI is InChI=1S/C75H146O17P2/c1-7-10-12-14-16-18-20-22-24-26-27-28-30-32-34-36-38-47-53-59-74(79)91-70(63-85-72(77)57-51-45-37-35-33-31-29-25-23-21-19-17-15-13-11-8-2)65-89-93(81,82)87-61-69(76)62-88-94(83,84)90-66-71(64-86-73(78)58-52-46-41-39-43-49-55-67(4)5)92-75(80)60-54-48-42-40-44-50-56-68(6)9-3/h67-71,76H,7-66H2,1-6H3,(H,81,82)(H,83,84)/t68?,69-,70-,71-/m1/s1. The van der Waals surface area contributed by atoms with Gasteiger partial charge in [0.15, 0.2) is 12.2 Å². The molecule has 0 aliphatic rings. The fourth-order valence-electron chi connectivity index (χ4n) is 11.4. The van der Waals surface area contributed by atoms with Gasteiger partial charge in [0.1, 0.15) is 19.3 Å². The van der Waals surface area contributed by atoms with Gasteiger partial charge in [-0.05, 0) is 37.5 Å². The number of aliphatic hydroxyl groups is 1. The lowest BCUT2D eigenvalue weighted by atomic mass is 10.00. The average Bonchev–Trinajstić information content (AvgIpc) is 2.30. The van der Waals surface area contributed by atoms with Crippen LogP contribution in [0.1, 0.15) is 388 Å². The van der Waals surface area contributed by atoms with Crippen molar-refractivity contribution in [2.24, 2.45) is 11.8 Å². The zero-order chi connectivity index (χ0) is 69.3. The minimum atomic E-state index is -4.96. The van der Waals surface area contributed by atoms with Gasteiger partial charge in [0.2, 0.25) is 0 Å². The predicted molar refractivity (Wildman–Crippen MR) is 381 cm³/mol. The molecule has 0 spiro atoms. The third kappa shape index (κ3) is 67.3. The first-order chi connectivity index (χ1) is 45.4. The second-order valence-electron chi connectivity index (χ2n) is 27.8. The van der Waals surface area contributed by atoms with Crippen LogP contribution >= 0.6 is 15.6 Å². The molecule has 558 valence electrons. The van der Waals surface area contributed by atoms with E-state index in [1.165, 1.54) is 199 Å². The fraction of sp³-hybridized carbons (Fsp3) is 0.947. The Labute approximate surface area is 575 Å². The van der Waals surface area contributed by atoms with Crippen LogP contribution in [0.3, 0.4) is 0 Å². The number of carbonyl (C=O) groups is 4. The van der Waals surface area contributed by atoms with E-state index in [-0.39, 0.29) is 25.7 Å². The molecule has 3 unspecified atom stereocenters. The van der Waals surface area contributed by atoms with E-state index < -0.39 is 97.5 Å². The number of hydrogen-bond acceptors (Lipinski definition) is 15. The lowest BCUT2D eigenvalue weighted by Crippen LogP contribution is -2.30. The van der Waals surface area contributed by atoms with E-state index in [0.29, 0.717) is 31.6 Å². The van der Waals surface area contributed by atoms with Gasteiger partial charge in [0, 0.05) is 25.7 Å². The Morgan fingerprint density at radius 3 is 0.809 bits per heavy atom. The maximum absolute atomic E-state index is 13.1. The molecule has 94 heavy (non-hydrogen) atoms. The van der Waals surface area contributed by atoms with Crippen molar-refractivity contribution in [1.29, 1.82) is 0 Å². The Bertz CT molecular complexity index is 1820. The van der Waals surface area contributed by atoms with Crippen LogP contribution in [0.4, 0.5) is 0 Å². The van der Waals surface area contributed by atoms with E-state index in [1.807, 2.05) is 0 Å². The van der Waals surface area contributed by atoms with Gasteiger partial charge in [-0.15, -0.1) is 0 Å². The van der Waals surface area contributed by atoms with Crippen molar-refractivity contribution in [1.82, 2.24) is 0 Å². The van der Waals surface area contributed by atoms with E-state index in [2.05, 4.69) is 41.5 Å². The summed E-state index contributed by atoms with van der Waals surface area (Å²) in [6.07, 6.45) is 54.4. The number of ether oxygens (including phenoxy) is 4. The molecule has 0 rings (SSSR count).